The van der Waals surface area contributed by atoms with Gasteiger partial charge in [-0.2, -0.15) is 0 Å². The maximum Gasteiger partial charge on any atom is 0.295 e. The van der Waals surface area contributed by atoms with Gasteiger partial charge < -0.3 is 9.64 Å². The van der Waals surface area contributed by atoms with Crippen LogP contribution >= 0.6 is 0 Å². The van der Waals surface area contributed by atoms with Gasteiger partial charge in [-0.05, 0) is 12.2 Å². The Morgan fingerprint density at radius 3 is 2.24 bits per heavy atom. The Kier molecular flexibility index (Phi) is 3.76. The molecule has 3 nitrogen and oxygen atoms in total. The van der Waals surface area contributed by atoms with Gasteiger partial charge in [0, 0.05) is 18.0 Å². The molecule has 0 saturated heterocycles. The second-order valence-corrected chi connectivity index (χ2v) is 3.51. The van der Waals surface area contributed by atoms with E-state index < -0.39 is 6.23 Å². The van der Waals surface area contributed by atoms with Crippen LogP contribution < -0.4 is 0 Å². The molecule has 0 saturated carbocycles. The van der Waals surface area contributed by atoms with Crippen molar-refractivity contribution in [1.82, 2.24) is 4.90 Å². The molecule has 1 aliphatic rings. The predicted octanol–water partition coefficient (Wildman–Crippen LogP) is 2.76. The van der Waals surface area contributed by atoms with Crippen molar-refractivity contribution in [2.24, 2.45) is 0 Å². The Morgan fingerprint density at radius 1 is 1.00 bits per heavy atom. The van der Waals surface area contributed by atoms with Crippen molar-refractivity contribution in [1.29, 1.82) is 0 Å². The van der Waals surface area contributed by atoms with Crippen molar-refractivity contribution in [2.75, 3.05) is 0 Å². The fourth-order valence-corrected chi connectivity index (χ4v) is 1.62. The van der Waals surface area contributed by atoms with Gasteiger partial charge in [0.05, 0.1) is 0 Å². The summed E-state index contributed by atoms with van der Waals surface area (Å²) in [6, 6.07) is 9.61. The molecular weight excluding hydrogens is 214 g/mol. The monoisotopic (exact) mass is 227 g/mol. The molecule has 3 heteroatoms. The lowest BCUT2D eigenvalue weighted by atomic mass is 10.2. The van der Waals surface area contributed by atoms with Gasteiger partial charge in [-0.1, -0.05) is 42.5 Å². The van der Waals surface area contributed by atoms with E-state index in [1.807, 2.05) is 71.9 Å². The van der Waals surface area contributed by atoms with Crippen LogP contribution in [0.3, 0.4) is 0 Å². The summed E-state index contributed by atoms with van der Waals surface area (Å²) in [5, 5.41) is 0. The molecule has 0 spiro atoms. The molecular formula is C14H13NO2. The van der Waals surface area contributed by atoms with Crippen molar-refractivity contribution >= 4 is 6.47 Å². The molecule has 1 heterocycles. The highest BCUT2D eigenvalue weighted by Gasteiger charge is 2.16. The number of benzene rings is 1. The number of carbonyl (C=O) groups is 1. The van der Waals surface area contributed by atoms with Crippen molar-refractivity contribution in [3.8, 4) is 0 Å². The molecule has 1 aliphatic heterocycles. The van der Waals surface area contributed by atoms with Crippen LogP contribution in [-0.4, -0.2) is 11.4 Å². The summed E-state index contributed by atoms with van der Waals surface area (Å²) in [6.45, 7) is 0.470. The summed E-state index contributed by atoms with van der Waals surface area (Å²) in [5.74, 6) is 0. The fourth-order valence-electron chi connectivity index (χ4n) is 1.62. The van der Waals surface area contributed by atoms with Crippen LogP contribution in [0.5, 0.6) is 0 Å². The molecule has 1 unspecified atom stereocenters. The maximum absolute atomic E-state index is 10.6. The third kappa shape index (κ3) is 2.84. The molecule has 1 aromatic carbocycles. The molecule has 17 heavy (non-hydrogen) atoms. The van der Waals surface area contributed by atoms with Gasteiger partial charge in [-0.3, -0.25) is 4.79 Å². The van der Waals surface area contributed by atoms with Crippen LogP contribution in [0.2, 0.25) is 0 Å². The number of nitrogens with zero attached hydrogens (tertiary/aromatic N) is 1. The Labute approximate surface area is 100 Å². The first-order valence-electron chi connectivity index (χ1n) is 5.35. The maximum atomic E-state index is 10.6. The minimum atomic E-state index is -0.430. The zero-order chi connectivity index (χ0) is 11.9. The summed E-state index contributed by atoms with van der Waals surface area (Å²) in [6.07, 6.45) is 10.9. The molecule has 1 aromatic rings. The molecule has 86 valence electrons. The minimum absolute atomic E-state index is 0.430. The van der Waals surface area contributed by atoms with Gasteiger partial charge in [0.15, 0.2) is 0 Å². The number of ether oxygens (including phenoxy) is 1. The molecule has 0 aliphatic carbocycles. The van der Waals surface area contributed by atoms with Crippen LogP contribution in [0.25, 0.3) is 0 Å². The topological polar surface area (TPSA) is 29.5 Å². The van der Waals surface area contributed by atoms with E-state index in [2.05, 4.69) is 0 Å². The predicted molar refractivity (Wildman–Crippen MR) is 65.6 cm³/mol. The van der Waals surface area contributed by atoms with Gasteiger partial charge >= 0.3 is 0 Å². The Bertz CT molecular complexity index is 433. The van der Waals surface area contributed by atoms with E-state index in [1.54, 1.807) is 0 Å². The van der Waals surface area contributed by atoms with Crippen LogP contribution in [0.15, 0.2) is 67.0 Å². The Morgan fingerprint density at radius 2 is 1.65 bits per heavy atom. The molecule has 0 bridgehead atoms. The zero-order valence-electron chi connectivity index (χ0n) is 9.27. The summed E-state index contributed by atoms with van der Waals surface area (Å²) in [5.41, 5.74) is 0.927. The van der Waals surface area contributed by atoms with Gasteiger partial charge in [0.1, 0.15) is 0 Å². The number of hydrogen-bond acceptors (Lipinski definition) is 3. The lowest BCUT2D eigenvalue weighted by Gasteiger charge is -2.25. The van der Waals surface area contributed by atoms with Crippen molar-refractivity contribution < 1.29 is 9.53 Å². The first-order valence-corrected chi connectivity index (χ1v) is 5.35. The van der Waals surface area contributed by atoms with Crippen LogP contribution in [-0.2, 0) is 9.53 Å². The standard InChI is InChI=1S/C14H13NO2/c16-12-17-14(13-8-4-3-5-9-13)15-10-6-1-2-7-11-15/h1-12,14H. The van der Waals surface area contributed by atoms with E-state index in [9.17, 15) is 4.79 Å². The van der Waals surface area contributed by atoms with Crippen molar-refractivity contribution in [3.63, 3.8) is 0 Å². The zero-order valence-corrected chi connectivity index (χ0v) is 9.27. The van der Waals surface area contributed by atoms with Crippen LogP contribution in [0.1, 0.15) is 11.8 Å². The number of carbonyl (C=O) groups excluding carboxylic acids is 1. The Balaban J connectivity index is 2.26. The lowest BCUT2D eigenvalue weighted by molar-refractivity contribution is -0.139. The van der Waals surface area contributed by atoms with Crippen LogP contribution in [0.4, 0.5) is 0 Å². The summed E-state index contributed by atoms with van der Waals surface area (Å²) in [7, 11) is 0. The minimum Gasteiger partial charge on any atom is -0.439 e. The number of hydrogen-bond donors (Lipinski definition) is 0. The van der Waals surface area contributed by atoms with Gasteiger partial charge in [0.2, 0.25) is 6.23 Å². The van der Waals surface area contributed by atoms with Gasteiger partial charge in [0.25, 0.3) is 6.47 Å². The molecule has 2 rings (SSSR count). The smallest absolute Gasteiger partial charge is 0.295 e. The quantitative estimate of drug-likeness (QED) is 0.741. The molecule has 0 aromatic heterocycles. The van der Waals surface area contributed by atoms with E-state index in [1.165, 1.54) is 0 Å². The summed E-state index contributed by atoms with van der Waals surface area (Å²) in [4.78, 5) is 12.4. The van der Waals surface area contributed by atoms with Crippen LogP contribution in [0, 0.1) is 0 Å². The summed E-state index contributed by atoms with van der Waals surface area (Å²) >= 11 is 0. The largest absolute Gasteiger partial charge is 0.439 e. The molecule has 0 N–H and O–H groups in total. The molecule has 0 radical (unpaired) electrons. The Hall–Kier alpha value is -2.29. The van der Waals surface area contributed by atoms with Gasteiger partial charge in [-0.15, -0.1) is 0 Å². The highest BCUT2D eigenvalue weighted by molar-refractivity contribution is 5.39. The molecule has 0 fully saturated rings. The second-order valence-electron chi connectivity index (χ2n) is 3.51. The van der Waals surface area contributed by atoms with Gasteiger partial charge in [-0.25, -0.2) is 0 Å². The SMILES string of the molecule is O=COC(c1ccccc1)N1C=CC=CC=C1. The third-order valence-electron chi connectivity index (χ3n) is 2.39. The summed E-state index contributed by atoms with van der Waals surface area (Å²) < 4.78 is 5.14. The molecule has 0 amide bonds. The van der Waals surface area contributed by atoms with Crippen molar-refractivity contribution in [2.45, 2.75) is 6.23 Å². The fraction of sp³-hybridized carbons (Fsp3) is 0.0714. The number of allylic oxidation sites excluding steroid dienone is 4. The first-order chi connectivity index (χ1) is 8.42. The average Bonchev–Trinajstić information content (AvgIpc) is 2.66. The average molecular weight is 227 g/mol. The normalized spacial score (nSPS) is 15.4. The highest BCUT2D eigenvalue weighted by Crippen LogP contribution is 2.22. The molecule has 1 atom stereocenters. The van der Waals surface area contributed by atoms with E-state index in [0.29, 0.717) is 6.47 Å². The highest BCUT2D eigenvalue weighted by atomic mass is 16.5. The van der Waals surface area contributed by atoms with E-state index >= 15 is 0 Å². The lowest BCUT2D eigenvalue weighted by Crippen LogP contribution is -2.20. The van der Waals surface area contributed by atoms with Crippen molar-refractivity contribution in [3.05, 3.63) is 72.6 Å². The van der Waals surface area contributed by atoms with E-state index in [0.717, 1.165) is 5.56 Å². The third-order valence-corrected chi connectivity index (χ3v) is 2.39. The van der Waals surface area contributed by atoms with E-state index in [4.69, 9.17) is 4.74 Å². The van der Waals surface area contributed by atoms with E-state index in [-0.39, 0.29) is 0 Å². The number of rotatable bonds is 4. The second kappa shape index (κ2) is 5.70. The first kappa shape index (κ1) is 11.2.